The minimum atomic E-state index is -2.98. The monoisotopic (exact) mass is 195 g/mol. The van der Waals surface area contributed by atoms with E-state index < -0.39 is 7.60 Å². The molecule has 3 nitrogen and oxygen atoms in total. The van der Waals surface area contributed by atoms with E-state index in [4.69, 9.17) is 10.4 Å². The van der Waals surface area contributed by atoms with Gasteiger partial charge in [0.2, 0.25) is 0 Å². The maximum Gasteiger partial charge on any atom is 0.330 e. The van der Waals surface area contributed by atoms with Gasteiger partial charge in [0.05, 0.1) is 19.4 Å². The smallest absolute Gasteiger partial charge is 0.309 e. The molecule has 0 bridgehead atoms. The summed E-state index contributed by atoms with van der Waals surface area (Å²) < 4.78 is 29.4. The van der Waals surface area contributed by atoms with Gasteiger partial charge >= 0.3 is 7.60 Å². The van der Waals surface area contributed by atoms with Gasteiger partial charge in [-0.1, -0.05) is 13.3 Å². The van der Waals surface area contributed by atoms with Gasteiger partial charge in [0, 0.05) is 1.37 Å². The summed E-state index contributed by atoms with van der Waals surface area (Å²) in [7, 11) is -2.98. The van der Waals surface area contributed by atoms with Crippen LogP contribution in [0.4, 0.5) is 0 Å². The second-order valence-corrected chi connectivity index (χ2v) is 4.43. The highest BCUT2D eigenvalue weighted by Crippen LogP contribution is 2.48. The lowest BCUT2D eigenvalue weighted by molar-refractivity contribution is 0.219. The molecular formula is C8H19O3P. The molecule has 0 radical (unpaired) electrons. The Morgan fingerprint density at radius 1 is 1.25 bits per heavy atom. The average molecular weight is 195 g/mol. The molecule has 0 amide bonds. The molecule has 0 aliphatic heterocycles. The summed E-state index contributed by atoms with van der Waals surface area (Å²) in [6.45, 7) is 6.18. The minimum Gasteiger partial charge on any atom is -0.309 e. The first-order valence-corrected chi connectivity index (χ1v) is 6.11. The second kappa shape index (κ2) is 6.64. The van der Waals surface area contributed by atoms with E-state index in [1.807, 2.05) is 6.92 Å². The lowest BCUT2D eigenvalue weighted by Gasteiger charge is -2.15. The van der Waals surface area contributed by atoms with Gasteiger partial charge in [0.1, 0.15) is 0 Å². The summed E-state index contributed by atoms with van der Waals surface area (Å²) in [6, 6.07) is 0. The van der Waals surface area contributed by atoms with Gasteiger partial charge in [0.15, 0.2) is 0 Å². The molecule has 0 rings (SSSR count). The van der Waals surface area contributed by atoms with Crippen molar-refractivity contribution in [2.24, 2.45) is 0 Å². The van der Waals surface area contributed by atoms with Crippen molar-refractivity contribution in [3.8, 4) is 0 Å². The zero-order valence-corrected chi connectivity index (χ0v) is 8.97. The normalized spacial score (nSPS) is 15.8. The SMILES string of the molecule is [2H]C(CC)CP(=O)(OCC)OCC. The zero-order chi connectivity index (χ0) is 10.3. The highest BCUT2D eigenvalue weighted by atomic mass is 31.2. The van der Waals surface area contributed by atoms with Crippen LogP contribution >= 0.6 is 7.60 Å². The summed E-state index contributed by atoms with van der Waals surface area (Å²) in [5, 5.41) is 0. The first kappa shape index (κ1) is 10.2. The molecule has 12 heavy (non-hydrogen) atoms. The van der Waals surface area contributed by atoms with Crippen LogP contribution in [-0.4, -0.2) is 19.4 Å². The third-order valence-electron chi connectivity index (χ3n) is 1.29. The van der Waals surface area contributed by atoms with Gasteiger partial charge in [-0.25, -0.2) is 0 Å². The molecule has 0 N–H and O–H groups in total. The number of hydrogen-bond acceptors (Lipinski definition) is 3. The summed E-state index contributed by atoms with van der Waals surface area (Å²) in [5.74, 6) is 0. The van der Waals surface area contributed by atoms with E-state index in [0.29, 0.717) is 19.6 Å². The predicted octanol–water partition coefficient (Wildman–Crippen LogP) is 3.05. The van der Waals surface area contributed by atoms with Crippen molar-refractivity contribution in [3.05, 3.63) is 0 Å². The Balaban J connectivity index is 4.14. The van der Waals surface area contributed by atoms with Crippen molar-refractivity contribution >= 4 is 7.60 Å². The van der Waals surface area contributed by atoms with Gasteiger partial charge in [-0.05, 0) is 20.2 Å². The first-order chi connectivity index (χ1) is 6.08. The van der Waals surface area contributed by atoms with E-state index in [0.717, 1.165) is 0 Å². The Hall–Kier alpha value is 0.150. The zero-order valence-electron chi connectivity index (χ0n) is 9.08. The lowest BCUT2D eigenvalue weighted by atomic mass is 10.4. The summed E-state index contributed by atoms with van der Waals surface area (Å²) >= 11 is 0. The first-order valence-electron chi connectivity index (χ1n) is 4.96. The van der Waals surface area contributed by atoms with Crippen LogP contribution in [0.15, 0.2) is 0 Å². The van der Waals surface area contributed by atoms with Gasteiger partial charge < -0.3 is 9.05 Å². The highest BCUT2D eigenvalue weighted by Gasteiger charge is 2.21. The van der Waals surface area contributed by atoms with Gasteiger partial charge in [-0.3, -0.25) is 4.57 Å². The molecule has 0 aliphatic carbocycles. The van der Waals surface area contributed by atoms with Crippen LogP contribution in [0.2, 0.25) is 0 Å². The van der Waals surface area contributed by atoms with Crippen LogP contribution in [0.5, 0.6) is 0 Å². The summed E-state index contributed by atoms with van der Waals surface area (Å²) in [4.78, 5) is 0. The van der Waals surface area contributed by atoms with Crippen molar-refractivity contribution in [2.45, 2.75) is 33.6 Å². The quantitative estimate of drug-likeness (QED) is 0.585. The van der Waals surface area contributed by atoms with Crippen molar-refractivity contribution in [1.82, 2.24) is 0 Å². The van der Waals surface area contributed by atoms with E-state index in [2.05, 4.69) is 0 Å². The lowest BCUT2D eigenvalue weighted by Crippen LogP contribution is -1.99. The molecule has 4 heteroatoms. The third kappa shape index (κ3) is 4.91. The van der Waals surface area contributed by atoms with Crippen molar-refractivity contribution in [2.75, 3.05) is 19.4 Å². The molecule has 0 heterocycles. The van der Waals surface area contributed by atoms with Crippen LogP contribution in [0.3, 0.4) is 0 Å². The maximum absolute atomic E-state index is 11.8. The van der Waals surface area contributed by atoms with Crippen molar-refractivity contribution < 1.29 is 15.0 Å². The molecule has 1 atom stereocenters. The van der Waals surface area contributed by atoms with E-state index in [-0.39, 0.29) is 12.6 Å². The fourth-order valence-corrected chi connectivity index (χ4v) is 2.47. The molecular weight excluding hydrogens is 175 g/mol. The molecule has 0 saturated heterocycles. The summed E-state index contributed by atoms with van der Waals surface area (Å²) in [6.07, 6.45) is 0.513. The third-order valence-corrected chi connectivity index (χ3v) is 3.30. The highest BCUT2D eigenvalue weighted by molar-refractivity contribution is 7.53. The average Bonchev–Trinajstić information content (AvgIpc) is 2.04. The number of hydrogen-bond donors (Lipinski definition) is 0. The molecule has 0 aromatic heterocycles. The van der Waals surface area contributed by atoms with E-state index in [9.17, 15) is 4.57 Å². The van der Waals surface area contributed by atoms with Crippen LogP contribution in [-0.2, 0) is 13.6 Å². The van der Waals surface area contributed by atoms with Crippen LogP contribution < -0.4 is 0 Å². The predicted molar refractivity (Wildman–Crippen MR) is 50.6 cm³/mol. The van der Waals surface area contributed by atoms with Crippen LogP contribution in [0.1, 0.15) is 35.0 Å². The van der Waals surface area contributed by atoms with E-state index in [1.54, 1.807) is 13.8 Å². The van der Waals surface area contributed by atoms with Gasteiger partial charge in [0.25, 0.3) is 0 Å². The molecule has 0 spiro atoms. The molecule has 0 aliphatic rings. The molecule has 0 saturated carbocycles. The van der Waals surface area contributed by atoms with Crippen LogP contribution in [0, 0.1) is 0 Å². The topological polar surface area (TPSA) is 35.5 Å². The van der Waals surface area contributed by atoms with Crippen molar-refractivity contribution in [3.63, 3.8) is 0 Å². The van der Waals surface area contributed by atoms with E-state index in [1.165, 1.54) is 0 Å². The van der Waals surface area contributed by atoms with Crippen molar-refractivity contribution in [1.29, 1.82) is 0 Å². The van der Waals surface area contributed by atoms with Gasteiger partial charge in [-0.15, -0.1) is 0 Å². The van der Waals surface area contributed by atoms with E-state index >= 15 is 0 Å². The largest absolute Gasteiger partial charge is 0.330 e. The standard InChI is InChI=1S/C8H19O3P/c1-4-7-8-12(9,10-5-2)11-6-3/h4-8H2,1-3H3/i7D. The maximum atomic E-state index is 11.8. The van der Waals surface area contributed by atoms with Crippen LogP contribution in [0.25, 0.3) is 0 Å². The summed E-state index contributed by atoms with van der Waals surface area (Å²) in [5.41, 5.74) is 0. The Kier molecular flexibility index (Phi) is 5.66. The second-order valence-electron chi connectivity index (χ2n) is 2.33. The molecule has 1 unspecified atom stereocenters. The fourth-order valence-electron chi connectivity index (χ4n) is 0.823. The Bertz CT molecular complexity index is 165. The molecule has 0 fully saturated rings. The minimum absolute atomic E-state index is 0.200. The molecule has 74 valence electrons. The molecule has 0 aromatic rings. The Morgan fingerprint density at radius 2 is 1.75 bits per heavy atom. The molecule has 0 aromatic carbocycles. The fraction of sp³-hybridized carbons (Fsp3) is 1.00. The van der Waals surface area contributed by atoms with Gasteiger partial charge in [-0.2, -0.15) is 0 Å². The Labute approximate surface area is 76.4 Å². The Morgan fingerprint density at radius 3 is 2.08 bits per heavy atom. The number of rotatable bonds is 7.